The molecule has 3 rings (SSSR count). The smallest absolute Gasteiger partial charge is 0.333 e. The van der Waals surface area contributed by atoms with Crippen LogP contribution < -0.4 is 4.90 Å². The van der Waals surface area contributed by atoms with E-state index in [2.05, 4.69) is 0 Å². The summed E-state index contributed by atoms with van der Waals surface area (Å²) in [5, 5.41) is 0. The highest BCUT2D eigenvalue weighted by atomic mass is 19.4. The fraction of sp³-hybridized carbons (Fsp3) is 0.619. The van der Waals surface area contributed by atoms with Crippen molar-refractivity contribution in [2.45, 2.75) is 77.6 Å². The van der Waals surface area contributed by atoms with Crippen molar-refractivity contribution in [3.63, 3.8) is 0 Å². The second kappa shape index (κ2) is 7.76. The molecule has 28 heavy (non-hydrogen) atoms. The average molecular weight is 396 g/mol. The number of rotatable bonds is 4. The maximum absolute atomic E-state index is 13.8. The molecule has 0 N–H and O–H groups in total. The number of hydrogen-bond acceptors (Lipinski definition) is 2. The van der Waals surface area contributed by atoms with Crippen LogP contribution in [0.4, 0.5) is 18.9 Å². The van der Waals surface area contributed by atoms with Gasteiger partial charge in [0, 0.05) is 24.3 Å². The van der Waals surface area contributed by atoms with Crippen LogP contribution in [0.2, 0.25) is 0 Å². The third-order valence-corrected chi connectivity index (χ3v) is 5.76. The SMILES string of the molecule is CCN1C(=O)Cc2cc(C(=O)N(C(C)C)C3CCCCC3)c(C(F)(F)F)cc21. The van der Waals surface area contributed by atoms with Crippen LogP contribution in [0.3, 0.4) is 0 Å². The van der Waals surface area contributed by atoms with Crippen LogP contribution in [-0.2, 0) is 17.4 Å². The van der Waals surface area contributed by atoms with Crippen molar-refractivity contribution in [2.24, 2.45) is 0 Å². The number of benzene rings is 1. The van der Waals surface area contributed by atoms with Crippen molar-refractivity contribution in [1.82, 2.24) is 4.90 Å². The van der Waals surface area contributed by atoms with Crippen molar-refractivity contribution in [3.05, 3.63) is 28.8 Å². The van der Waals surface area contributed by atoms with Gasteiger partial charge in [0.2, 0.25) is 5.91 Å². The molecule has 1 aliphatic heterocycles. The lowest BCUT2D eigenvalue weighted by Crippen LogP contribution is -2.46. The highest BCUT2D eigenvalue weighted by molar-refractivity contribution is 6.04. The van der Waals surface area contributed by atoms with Gasteiger partial charge in [-0.05, 0) is 51.3 Å². The van der Waals surface area contributed by atoms with Crippen LogP contribution in [0.5, 0.6) is 0 Å². The minimum atomic E-state index is -4.67. The van der Waals surface area contributed by atoms with E-state index in [-0.39, 0.29) is 35.7 Å². The number of amides is 2. The third-order valence-electron chi connectivity index (χ3n) is 5.76. The zero-order valence-corrected chi connectivity index (χ0v) is 16.6. The van der Waals surface area contributed by atoms with Crippen molar-refractivity contribution in [2.75, 3.05) is 11.4 Å². The van der Waals surface area contributed by atoms with Gasteiger partial charge in [-0.25, -0.2) is 0 Å². The molecule has 0 atom stereocenters. The molecule has 0 spiro atoms. The van der Waals surface area contributed by atoms with Gasteiger partial charge in [0.25, 0.3) is 5.91 Å². The molecule has 0 aromatic heterocycles. The molecule has 154 valence electrons. The second-order valence-electron chi connectivity index (χ2n) is 7.94. The summed E-state index contributed by atoms with van der Waals surface area (Å²) in [6.45, 7) is 5.71. The van der Waals surface area contributed by atoms with Crippen LogP contribution in [0, 0.1) is 0 Å². The first-order valence-electron chi connectivity index (χ1n) is 10.0. The lowest BCUT2D eigenvalue weighted by molar-refractivity contribution is -0.138. The molecule has 2 aliphatic rings. The summed E-state index contributed by atoms with van der Waals surface area (Å²) >= 11 is 0. The molecule has 0 radical (unpaired) electrons. The van der Waals surface area contributed by atoms with E-state index in [9.17, 15) is 22.8 Å². The molecule has 0 saturated heterocycles. The first-order valence-corrected chi connectivity index (χ1v) is 10.0. The van der Waals surface area contributed by atoms with E-state index in [4.69, 9.17) is 0 Å². The van der Waals surface area contributed by atoms with Crippen LogP contribution >= 0.6 is 0 Å². The highest BCUT2D eigenvalue weighted by Gasteiger charge is 2.41. The predicted octanol–water partition coefficient (Wildman–Crippen LogP) is 4.80. The summed E-state index contributed by atoms with van der Waals surface area (Å²) in [5.74, 6) is -0.817. The number of carbonyl (C=O) groups excluding carboxylic acids is 2. The lowest BCUT2D eigenvalue weighted by Gasteiger charge is -2.38. The number of alkyl halides is 3. The molecule has 1 fully saturated rings. The fourth-order valence-electron chi connectivity index (χ4n) is 4.50. The molecule has 1 aliphatic carbocycles. The highest BCUT2D eigenvalue weighted by Crippen LogP contribution is 2.40. The van der Waals surface area contributed by atoms with Crippen molar-refractivity contribution >= 4 is 17.5 Å². The maximum atomic E-state index is 13.8. The molecule has 4 nitrogen and oxygen atoms in total. The Bertz CT molecular complexity index is 768. The third kappa shape index (κ3) is 3.76. The number of anilines is 1. The Morgan fingerprint density at radius 1 is 1.21 bits per heavy atom. The van der Waals surface area contributed by atoms with Gasteiger partial charge >= 0.3 is 6.18 Å². The van der Waals surface area contributed by atoms with Gasteiger partial charge in [0.15, 0.2) is 0 Å². The largest absolute Gasteiger partial charge is 0.417 e. The quantitative estimate of drug-likeness (QED) is 0.734. The van der Waals surface area contributed by atoms with Gasteiger partial charge in [0.05, 0.1) is 17.5 Å². The number of carbonyl (C=O) groups is 2. The minimum Gasteiger partial charge on any atom is -0.333 e. The van der Waals surface area contributed by atoms with Crippen LogP contribution in [0.15, 0.2) is 12.1 Å². The van der Waals surface area contributed by atoms with E-state index in [1.54, 1.807) is 11.8 Å². The molecular formula is C21H27F3N2O2. The molecule has 0 bridgehead atoms. The summed E-state index contributed by atoms with van der Waals surface area (Å²) in [6, 6.07) is 2.05. The summed E-state index contributed by atoms with van der Waals surface area (Å²) in [4.78, 5) is 28.4. The minimum absolute atomic E-state index is 0.0344. The Balaban J connectivity index is 2.08. The first-order chi connectivity index (χ1) is 13.1. The number of nitrogens with zero attached hydrogens (tertiary/aromatic N) is 2. The van der Waals surface area contributed by atoms with Crippen molar-refractivity contribution in [1.29, 1.82) is 0 Å². The molecule has 1 saturated carbocycles. The summed E-state index contributed by atoms with van der Waals surface area (Å²) in [6.07, 6.45) is 0.0662. The fourth-order valence-corrected chi connectivity index (χ4v) is 4.50. The van der Waals surface area contributed by atoms with Crippen LogP contribution in [-0.4, -0.2) is 35.3 Å². The number of fused-ring (bicyclic) bond motifs is 1. The zero-order chi connectivity index (χ0) is 20.6. The standard InChI is InChI=1S/C21H27F3N2O2/c1-4-25-18-12-17(21(22,23)24)16(10-14(18)11-19(25)27)20(28)26(13(2)3)15-8-6-5-7-9-15/h10,12-13,15H,4-9,11H2,1-3H3. The van der Waals surface area contributed by atoms with Gasteiger partial charge in [0.1, 0.15) is 0 Å². The Morgan fingerprint density at radius 3 is 2.39 bits per heavy atom. The van der Waals surface area contributed by atoms with E-state index in [0.717, 1.165) is 38.2 Å². The predicted molar refractivity (Wildman–Crippen MR) is 101 cm³/mol. The Morgan fingerprint density at radius 2 is 1.86 bits per heavy atom. The zero-order valence-electron chi connectivity index (χ0n) is 16.6. The molecule has 7 heteroatoms. The number of likely N-dealkylation sites (N-methyl/N-ethyl adjacent to an activating group) is 1. The van der Waals surface area contributed by atoms with E-state index >= 15 is 0 Å². The lowest BCUT2D eigenvalue weighted by atomic mass is 9.92. The van der Waals surface area contributed by atoms with Crippen molar-refractivity contribution in [3.8, 4) is 0 Å². The maximum Gasteiger partial charge on any atom is 0.417 e. The Kier molecular flexibility index (Phi) is 5.73. The summed E-state index contributed by atoms with van der Waals surface area (Å²) in [7, 11) is 0. The topological polar surface area (TPSA) is 40.6 Å². The second-order valence-corrected chi connectivity index (χ2v) is 7.94. The van der Waals surface area contributed by atoms with Gasteiger partial charge in [-0.1, -0.05) is 19.3 Å². The molecule has 1 aromatic carbocycles. The monoisotopic (exact) mass is 396 g/mol. The Hall–Kier alpha value is -2.05. The Labute approximate surface area is 163 Å². The molecule has 1 heterocycles. The van der Waals surface area contributed by atoms with E-state index in [1.165, 1.54) is 11.0 Å². The van der Waals surface area contributed by atoms with Gasteiger partial charge in [-0.2, -0.15) is 13.2 Å². The molecule has 2 amide bonds. The number of halogens is 3. The molecule has 0 unspecified atom stereocenters. The normalized spacial score (nSPS) is 18.0. The average Bonchev–Trinajstić information content (AvgIpc) is 2.94. The van der Waals surface area contributed by atoms with E-state index in [0.29, 0.717) is 12.1 Å². The van der Waals surface area contributed by atoms with E-state index in [1.807, 2.05) is 13.8 Å². The van der Waals surface area contributed by atoms with Crippen molar-refractivity contribution < 1.29 is 22.8 Å². The molecule has 1 aromatic rings. The summed E-state index contributed by atoms with van der Waals surface area (Å²) < 4.78 is 41.5. The van der Waals surface area contributed by atoms with Crippen LogP contribution in [0.1, 0.15) is 74.4 Å². The van der Waals surface area contributed by atoms with Crippen LogP contribution in [0.25, 0.3) is 0 Å². The van der Waals surface area contributed by atoms with Gasteiger partial charge in [-0.15, -0.1) is 0 Å². The number of hydrogen-bond donors (Lipinski definition) is 0. The van der Waals surface area contributed by atoms with E-state index < -0.39 is 17.6 Å². The van der Waals surface area contributed by atoms with Gasteiger partial charge in [-0.3, -0.25) is 9.59 Å². The first kappa shape index (κ1) is 20.7. The van der Waals surface area contributed by atoms with Gasteiger partial charge < -0.3 is 9.80 Å². The summed E-state index contributed by atoms with van der Waals surface area (Å²) in [5.41, 5.74) is -0.525. The molecular weight excluding hydrogens is 369 g/mol.